The van der Waals surface area contributed by atoms with E-state index in [1.165, 1.54) is 24.4 Å². The zero-order valence-electron chi connectivity index (χ0n) is 11.2. The number of rotatable bonds is 4. The lowest BCUT2D eigenvalue weighted by Gasteiger charge is -2.24. The second kappa shape index (κ2) is 6.24. The van der Waals surface area contributed by atoms with E-state index in [4.69, 9.17) is 9.47 Å². The molecule has 0 amide bonds. The van der Waals surface area contributed by atoms with Gasteiger partial charge in [0, 0.05) is 19.7 Å². The molecule has 9 heteroatoms. The average Bonchev–Trinajstić information content (AvgIpc) is 2.79. The molecule has 1 aromatic heterocycles. The Morgan fingerprint density at radius 1 is 1.67 bits per heavy atom. The van der Waals surface area contributed by atoms with Gasteiger partial charge >= 0.3 is 5.69 Å². The molecule has 0 saturated carbocycles. The summed E-state index contributed by atoms with van der Waals surface area (Å²) in [4.78, 5) is 27.1. The fourth-order valence-corrected chi connectivity index (χ4v) is 2.48. The highest BCUT2D eigenvalue weighted by molar-refractivity contribution is 9.11. The zero-order chi connectivity index (χ0) is 15.6. The smallest absolute Gasteiger partial charge is 0.330 e. The van der Waals surface area contributed by atoms with Crippen LogP contribution in [-0.2, 0) is 9.47 Å². The monoisotopic (exact) mass is 362 g/mol. The lowest BCUT2D eigenvalue weighted by Crippen LogP contribution is -2.42. The predicted octanol–water partition coefficient (Wildman–Crippen LogP) is -0.483. The highest BCUT2D eigenvalue weighted by Gasteiger charge is 2.48. The highest BCUT2D eigenvalue weighted by Crippen LogP contribution is 2.36. The van der Waals surface area contributed by atoms with Crippen molar-refractivity contribution in [3.05, 3.63) is 37.6 Å². The van der Waals surface area contributed by atoms with Crippen molar-refractivity contribution < 1.29 is 19.7 Å². The van der Waals surface area contributed by atoms with Gasteiger partial charge in [0.1, 0.15) is 12.3 Å². The summed E-state index contributed by atoms with van der Waals surface area (Å²) in [5, 5.41) is 19.4. The number of nitrogens with one attached hydrogen (secondary N) is 1. The van der Waals surface area contributed by atoms with Gasteiger partial charge < -0.3 is 19.7 Å². The van der Waals surface area contributed by atoms with Gasteiger partial charge in [-0.3, -0.25) is 14.3 Å². The van der Waals surface area contributed by atoms with Gasteiger partial charge in [-0.2, -0.15) is 0 Å². The summed E-state index contributed by atoms with van der Waals surface area (Å²) in [6, 6.07) is 0. The van der Waals surface area contributed by atoms with Gasteiger partial charge in [0.25, 0.3) is 5.56 Å². The molecule has 2 heterocycles. The molecule has 1 aliphatic rings. The van der Waals surface area contributed by atoms with Crippen LogP contribution in [0, 0.1) is 0 Å². The van der Waals surface area contributed by atoms with Crippen LogP contribution in [0.25, 0.3) is 6.08 Å². The molecule has 8 nitrogen and oxygen atoms in total. The van der Waals surface area contributed by atoms with Crippen molar-refractivity contribution in [2.45, 2.75) is 24.5 Å². The molecule has 0 spiro atoms. The molecule has 3 atom stereocenters. The minimum absolute atomic E-state index is 0.0574. The third kappa shape index (κ3) is 3.01. The molecule has 116 valence electrons. The van der Waals surface area contributed by atoms with Gasteiger partial charge in [-0.1, -0.05) is 15.9 Å². The number of hydrogen-bond donors (Lipinski definition) is 3. The lowest BCUT2D eigenvalue weighted by atomic mass is 10.1. The maximum Gasteiger partial charge on any atom is 0.330 e. The van der Waals surface area contributed by atoms with Crippen LogP contribution in [0.1, 0.15) is 18.2 Å². The number of aromatic amines is 1. The molecule has 0 bridgehead atoms. The Kier molecular flexibility index (Phi) is 4.79. The van der Waals surface area contributed by atoms with Crippen molar-refractivity contribution in [3.63, 3.8) is 0 Å². The first-order chi connectivity index (χ1) is 9.95. The van der Waals surface area contributed by atoms with Gasteiger partial charge in [0.2, 0.25) is 0 Å². The van der Waals surface area contributed by atoms with Crippen molar-refractivity contribution >= 4 is 22.0 Å². The molecule has 3 N–H and O–H groups in total. The van der Waals surface area contributed by atoms with E-state index in [0.29, 0.717) is 0 Å². The number of H-pyrrole nitrogens is 1. The Balaban J connectivity index is 2.42. The SMILES string of the molecule is CO[C@]1(O)C[C@H](n2cc(C=CBr)c(=O)[nH]c2=O)O[C@@H]1CO. The first kappa shape index (κ1) is 16.1. The van der Waals surface area contributed by atoms with E-state index in [0.717, 1.165) is 4.57 Å². The summed E-state index contributed by atoms with van der Waals surface area (Å²) in [6.07, 6.45) is 0.883. The van der Waals surface area contributed by atoms with Crippen LogP contribution in [0.5, 0.6) is 0 Å². The summed E-state index contributed by atoms with van der Waals surface area (Å²) in [5.74, 6) is -1.69. The third-order valence-electron chi connectivity index (χ3n) is 3.36. The Labute approximate surface area is 127 Å². The first-order valence-electron chi connectivity index (χ1n) is 6.11. The Hall–Kier alpha value is -1.26. The lowest BCUT2D eigenvalue weighted by molar-refractivity contribution is -0.221. The van der Waals surface area contributed by atoms with E-state index in [1.54, 1.807) is 0 Å². The number of hydrogen-bond acceptors (Lipinski definition) is 6. The topological polar surface area (TPSA) is 114 Å². The molecule has 21 heavy (non-hydrogen) atoms. The fourth-order valence-electron chi connectivity index (χ4n) is 2.19. The molecule has 2 rings (SSSR count). The van der Waals surface area contributed by atoms with Crippen molar-refractivity contribution in [3.8, 4) is 0 Å². The third-order valence-corrected chi connectivity index (χ3v) is 3.62. The average molecular weight is 363 g/mol. The van der Waals surface area contributed by atoms with Crippen molar-refractivity contribution in [1.82, 2.24) is 9.55 Å². The van der Waals surface area contributed by atoms with Gasteiger partial charge in [0.05, 0.1) is 12.2 Å². The Bertz CT molecular complexity index is 654. The molecule has 1 fully saturated rings. The molecule has 0 aliphatic carbocycles. The van der Waals surface area contributed by atoms with Gasteiger partial charge in [-0.25, -0.2) is 4.79 Å². The standard InChI is InChI=1S/C12H15BrN2O6/c1-20-12(19)4-9(21-8(12)6-16)15-5-7(2-3-13)10(17)14-11(15)18/h2-3,5,8-9,16,19H,4,6H2,1H3,(H,14,17,18)/t8-,9-,12-/m1/s1. The zero-order valence-corrected chi connectivity index (χ0v) is 12.7. The van der Waals surface area contributed by atoms with Gasteiger partial charge in [0.15, 0.2) is 5.79 Å². The fraction of sp³-hybridized carbons (Fsp3) is 0.500. The van der Waals surface area contributed by atoms with Crippen LogP contribution in [0.2, 0.25) is 0 Å². The summed E-state index contributed by atoms with van der Waals surface area (Å²) < 4.78 is 11.5. The quantitative estimate of drug-likeness (QED) is 0.623. The van der Waals surface area contributed by atoms with E-state index in [2.05, 4.69) is 20.9 Å². The second-order valence-electron chi connectivity index (χ2n) is 4.56. The molecular weight excluding hydrogens is 348 g/mol. The van der Waals surface area contributed by atoms with Crippen LogP contribution in [0.3, 0.4) is 0 Å². The molecule has 0 unspecified atom stereocenters. The van der Waals surface area contributed by atoms with E-state index in [1.807, 2.05) is 0 Å². The number of aliphatic hydroxyl groups is 2. The van der Waals surface area contributed by atoms with E-state index < -0.39 is 36.0 Å². The van der Waals surface area contributed by atoms with Gasteiger partial charge in [-0.15, -0.1) is 0 Å². The molecule has 0 radical (unpaired) electrons. The molecule has 1 saturated heterocycles. The van der Waals surface area contributed by atoms with Crippen LogP contribution in [-0.4, -0.2) is 45.4 Å². The summed E-state index contributed by atoms with van der Waals surface area (Å²) >= 11 is 3.05. The Morgan fingerprint density at radius 2 is 2.38 bits per heavy atom. The maximum absolute atomic E-state index is 11.9. The molecule has 0 aromatic carbocycles. The van der Waals surface area contributed by atoms with Crippen molar-refractivity contribution in [2.24, 2.45) is 0 Å². The highest BCUT2D eigenvalue weighted by atomic mass is 79.9. The summed E-state index contributed by atoms with van der Waals surface area (Å²) in [5.41, 5.74) is -0.970. The second-order valence-corrected chi connectivity index (χ2v) is 5.09. The van der Waals surface area contributed by atoms with Crippen molar-refractivity contribution in [2.75, 3.05) is 13.7 Å². The number of methoxy groups -OCH3 is 1. The van der Waals surface area contributed by atoms with Crippen molar-refractivity contribution in [1.29, 1.82) is 0 Å². The number of ether oxygens (including phenoxy) is 2. The van der Waals surface area contributed by atoms with Crippen LogP contribution in [0.15, 0.2) is 20.8 Å². The van der Waals surface area contributed by atoms with E-state index in [9.17, 15) is 19.8 Å². The minimum atomic E-state index is -1.69. The Morgan fingerprint density at radius 3 is 2.90 bits per heavy atom. The van der Waals surface area contributed by atoms with Crippen LogP contribution < -0.4 is 11.2 Å². The first-order valence-corrected chi connectivity index (χ1v) is 7.03. The van der Waals surface area contributed by atoms with Gasteiger partial charge in [-0.05, 0) is 11.1 Å². The number of aliphatic hydroxyl groups excluding tert-OH is 1. The normalized spacial score (nSPS) is 29.3. The summed E-state index contributed by atoms with van der Waals surface area (Å²) in [6.45, 7) is -0.465. The number of nitrogens with zero attached hydrogens (tertiary/aromatic N) is 1. The van der Waals surface area contributed by atoms with Crippen LogP contribution >= 0.6 is 15.9 Å². The van der Waals surface area contributed by atoms with E-state index in [-0.39, 0.29) is 12.0 Å². The number of halogens is 1. The summed E-state index contributed by atoms with van der Waals surface area (Å²) in [7, 11) is 1.28. The predicted molar refractivity (Wildman–Crippen MR) is 76.9 cm³/mol. The minimum Gasteiger partial charge on any atom is -0.393 e. The van der Waals surface area contributed by atoms with E-state index >= 15 is 0 Å². The largest absolute Gasteiger partial charge is 0.393 e. The molecular formula is C12H15BrN2O6. The molecule has 1 aromatic rings. The maximum atomic E-state index is 11.9. The molecule has 1 aliphatic heterocycles. The van der Waals surface area contributed by atoms with Crippen LogP contribution in [0.4, 0.5) is 0 Å². The number of aromatic nitrogens is 2.